The van der Waals surface area contributed by atoms with Crippen molar-refractivity contribution in [2.24, 2.45) is 0 Å². The smallest absolute Gasteiger partial charge is 0.350 e. The lowest BCUT2D eigenvalue weighted by Crippen LogP contribution is -2.39. The maximum Gasteiger partial charge on any atom is 0.350 e. The fourth-order valence-electron chi connectivity index (χ4n) is 1.74. The van der Waals surface area contributed by atoms with E-state index in [1.165, 1.54) is 48.5 Å². The molecule has 0 aromatic heterocycles. The first kappa shape index (κ1) is 15.9. The van der Waals surface area contributed by atoms with Gasteiger partial charge in [0.25, 0.3) is 0 Å². The Balaban J connectivity index is 1.94. The predicted octanol–water partition coefficient (Wildman–Crippen LogP) is 3.87. The molecule has 2 rings (SSSR count). The molecule has 22 heavy (non-hydrogen) atoms. The third-order valence-electron chi connectivity index (χ3n) is 2.96. The molecular weight excluding hydrogens is 290 g/mol. The van der Waals surface area contributed by atoms with Crippen molar-refractivity contribution in [1.29, 1.82) is 0 Å². The molecule has 0 saturated heterocycles. The van der Waals surface area contributed by atoms with E-state index in [2.05, 4.69) is 0 Å². The quantitative estimate of drug-likeness (QED) is 0.787. The third kappa shape index (κ3) is 4.28. The van der Waals surface area contributed by atoms with Crippen LogP contribution in [0, 0.1) is 11.6 Å². The number of benzene rings is 2. The third-order valence-corrected chi connectivity index (χ3v) is 2.96. The zero-order chi connectivity index (χ0) is 16.2. The van der Waals surface area contributed by atoms with E-state index in [-0.39, 0.29) is 18.2 Å². The molecule has 0 radical (unpaired) electrons. The molecular formula is C17H16F2O3. The van der Waals surface area contributed by atoms with Crippen LogP contribution in [0.2, 0.25) is 0 Å². The van der Waals surface area contributed by atoms with Crippen LogP contribution in [0.25, 0.3) is 0 Å². The number of hydrogen-bond acceptors (Lipinski definition) is 3. The Kier molecular flexibility index (Phi) is 4.75. The van der Waals surface area contributed by atoms with Crippen molar-refractivity contribution in [2.75, 3.05) is 0 Å². The molecule has 3 nitrogen and oxygen atoms in total. The Bertz CT molecular complexity index is 634. The molecule has 0 aliphatic carbocycles. The van der Waals surface area contributed by atoms with E-state index in [0.717, 1.165) is 0 Å². The van der Waals surface area contributed by atoms with Crippen LogP contribution < -0.4 is 4.74 Å². The highest BCUT2D eigenvalue weighted by Gasteiger charge is 2.31. The van der Waals surface area contributed by atoms with Crippen molar-refractivity contribution >= 4 is 5.97 Å². The first-order valence-electron chi connectivity index (χ1n) is 6.73. The average Bonchev–Trinajstić information content (AvgIpc) is 2.48. The number of rotatable bonds is 5. The van der Waals surface area contributed by atoms with Gasteiger partial charge in [-0.3, -0.25) is 0 Å². The molecule has 0 N–H and O–H groups in total. The van der Waals surface area contributed by atoms with Crippen molar-refractivity contribution in [1.82, 2.24) is 0 Å². The van der Waals surface area contributed by atoms with Gasteiger partial charge < -0.3 is 9.47 Å². The summed E-state index contributed by atoms with van der Waals surface area (Å²) >= 11 is 0. The molecule has 0 aliphatic heterocycles. The van der Waals surface area contributed by atoms with Crippen molar-refractivity contribution in [2.45, 2.75) is 26.1 Å². The molecule has 5 heteroatoms. The Morgan fingerprint density at radius 2 is 1.45 bits per heavy atom. The van der Waals surface area contributed by atoms with E-state index < -0.39 is 11.6 Å². The van der Waals surface area contributed by atoms with Gasteiger partial charge in [0.1, 0.15) is 24.0 Å². The summed E-state index contributed by atoms with van der Waals surface area (Å²) < 4.78 is 36.3. The Hall–Kier alpha value is -2.43. The molecule has 2 aromatic carbocycles. The van der Waals surface area contributed by atoms with E-state index in [1.54, 1.807) is 13.8 Å². The standard InChI is InChI=1S/C17H16F2O3/c1-17(2,22-15-9-7-14(19)8-10-15)16(20)21-11-12-3-5-13(18)6-4-12/h3-10H,11H2,1-2H3. The van der Waals surface area contributed by atoms with Gasteiger partial charge in [-0.1, -0.05) is 12.1 Å². The van der Waals surface area contributed by atoms with E-state index in [0.29, 0.717) is 11.3 Å². The first-order valence-corrected chi connectivity index (χ1v) is 6.73. The zero-order valence-corrected chi connectivity index (χ0v) is 12.3. The highest BCUT2D eigenvalue weighted by molar-refractivity contribution is 5.79. The van der Waals surface area contributed by atoms with Crippen LogP contribution in [0.3, 0.4) is 0 Å². The molecule has 0 heterocycles. The van der Waals surface area contributed by atoms with Gasteiger partial charge in [0.15, 0.2) is 5.60 Å². The van der Waals surface area contributed by atoms with E-state index >= 15 is 0 Å². The highest BCUT2D eigenvalue weighted by Crippen LogP contribution is 2.20. The predicted molar refractivity (Wildman–Crippen MR) is 77.3 cm³/mol. The van der Waals surface area contributed by atoms with Gasteiger partial charge >= 0.3 is 5.97 Å². The molecule has 0 unspecified atom stereocenters. The maximum absolute atomic E-state index is 12.8. The maximum atomic E-state index is 12.8. The summed E-state index contributed by atoms with van der Waals surface area (Å²) in [4.78, 5) is 12.1. The second-order valence-corrected chi connectivity index (χ2v) is 5.27. The number of halogens is 2. The molecule has 0 bridgehead atoms. The summed E-state index contributed by atoms with van der Waals surface area (Å²) in [5, 5.41) is 0. The minimum atomic E-state index is -1.22. The van der Waals surface area contributed by atoms with Gasteiger partial charge in [-0.2, -0.15) is 0 Å². The lowest BCUT2D eigenvalue weighted by molar-refractivity contribution is -0.160. The summed E-state index contributed by atoms with van der Waals surface area (Å²) in [6.45, 7) is 3.14. The van der Waals surface area contributed by atoms with Gasteiger partial charge in [-0.05, 0) is 55.8 Å². The van der Waals surface area contributed by atoms with Crippen LogP contribution in [0.4, 0.5) is 8.78 Å². The van der Waals surface area contributed by atoms with Crippen LogP contribution in [0.5, 0.6) is 5.75 Å². The monoisotopic (exact) mass is 306 g/mol. The molecule has 0 spiro atoms. The number of hydrogen-bond donors (Lipinski definition) is 0. The lowest BCUT2D eigenvalue weighted by atomic mass is 10.1. The van der Waals surface area contributed by atoms with Crippen molar-refractivity contribution < 1.29 is 23.0 Å². The number of carbonyl (C=O) groups excluding carboxylic acids is 1. The van der Waals surface area contributed by atoms with Gasteiger partial charge in [-0.25, -0.2) is 13.6 Å². The second kappa shape index (κ2) is 6.56. The van der Waals surface area contributed by atoms with Gasteiger partial charge in [0.2, 0.25) is 0 Å². The fraction of sp³-hybridized carbons (Fsp3) is 0.235. The molecule has 0 aliphatic rings. The zero-order valence-electron chi connectivity index (χ0n) is 12.3. The molecule has 0 saturated carbocycles. The first-order chi connectivity index (χ1) is 10.4. The highest BCUT2D eigenvalue weighted by atomic mass is 19.1. The van der Waals surface area contributed by atoms with Crippen LogP contribution >= 0.6 is 0 Å². The van der Waals surface area contributed by atoms with Crippen molar-refractivity contribution in [3.05, 3.63) is 65.7 Å². The van der Waals surface area contributed by atoms with Gasteiger partial charge in [0.05, 0.1) is 0 Å². The summed E-state index contributed by atoms with van der Waals surface area (Å²) in [6.07, 6.45) is 0. The summed E-state index contributed by atoms with van der Waals surface area (Å²) in [7, 11) is 0. The number of esters is 1. The number of carbonyl (C=O) groups is 1. The van der Waals surface area contributed by atoms with Crippen LogP contribution in [-0.4, -0.2) is 11.6 Å². The fourth-order valence-corrected chi connectivity index (χ4v) is 1.74. The minimum absolute atomic E-state index is 0.0231. The molecule has 2 aromatic rings. The van der Waals surface area contributed by atoms with Crippen molar-refractivity contribution in [3.8, 4) is 5.75 Å². The minimum Gasteiger partial charge on any atom is -0.476 e. The van der Waals surface area contributed by atoms with Crippen LogP contribution in [0.15, 0.2) is 48.5 Å². The molecule has 0 atom stereocenters. The van der Waals surface area contributed by atoms with Crippen LogP contribution in [0.1, 0.15) is 19.4 Å². The van der Waals surface area contributed by atoms with Crippen LogP contribution in [-0.2, 0) is 16.1 Å². The topological polar surface area (TPSA) is 35.5 Å². The lowest BCUT2D eigenvalue weighted by Gasteiger charge is -2.24. The second-order valence-electron chi connectivity index (χ2n) is 5.27. The molecule has 116 valence electrons. The molecule has 0 amide bonds. The van der Waals surface area contributed by atoms with E-state index in [4.69, 9.17) is 9.47 Å². The number of ether oxygens (including phenoxy) is 2. The summed E-state index contributed by atoms with van der Waals surface area (Å²) in [5.41, 5.74) is -0.551. The Morgan fingerprint density at radius 3 is 2.00 bits per heavy atom. The Labute approximate surface area is 127 Å². The summed E-state index contributed by atoms with van der Waals surface area (Å²) in [6, 6.07) is 11.0. The normalized spacial score (nSPS) is 11.1. The average molecular weight is 306 g/mol. The molecule has 0 fully saturated rings. The summed E-state index contributed by atoms with van der Waals surface area (Å²) in [5.74, 6) is -0.939. The van der Waals surface area contributed by atoms with Gasteiger partial charge in [0, 0.05) is 0 Å². The van der Waals surface area contributed by atoms with E-state index in [9.17, 15) is 13.6 Å². The van der Waals surface area contributed by atoms with Crippen molar-refractivity contribution in [3.63, 3.8) is 0 Å². The SMILES string of the molecule is CC(C)(Oc1ccc(F)cc1)C(=O)OCc1ccc(F)cc1. The van der Waals surface area contributed by atoms with Gasteiger partial charge in [-0.15, -0.1) is 0 Å². The van der Waals surface area contributed by atoms with E-state index in [1.807, 2.05) is 0 Å². The Morgan fingerprint density at radius 1 is 0.955 bits per heavy atom. The largest absolute Gasteiger partial charge is 0.476 e.